The Hall–Kier alpha value is -1.32. The first-order chi connectivity index (χ1) is 7.49. The summed E-state index contributed by atoms with van der Waals surface area (Å²) in [5.74, 6) is 0.758. The van der Waals surface area contributed by atoms with Gasteiger partial charge in [0, 0.05) is 18.5 Å². The molecule has 0 aliphatic heterocycles. The third-order valence-corrected chi connectivity index (χ3v) is 2.44. The number of carbonyl (C=O) groups is 1. The fourth-order valence-electron chi connectivity index (χ4n) is 1.67. The summed E-state index contributed by atoms with van der Waals surface area (Å²) in [6.45, 7) is 6.35. The maximum atomic E-state index is 10.4. The zero-order valence-corrected chi connectivity index (χ0v) is 10.2. The van der Waals surface area contributed by atoms with Crippen LogP contribution in [0.5, 0.6) is 0 Å². The lowest BCUT2D eigenvalue weighted by atomic mass is 10.1. The molecule has 0 atom stereocenters. The summed E-state index contributed by atoms with van der Waals surface area (Å²) in [5, 5.41) is 8.54. The Morgan fingerprint density at radius 2 is 2.19 bits per heavy atom. The Kier molecular flexibility index (Phi) is 4.52. The molecule has 0 radical (unpaired) electrons. The van der Waals surface area contributed by atoms with Crippen LogP contribution in [0.15, 0.2) is 0 Å². The molecular formula is C12H20N2O2. The first-order valence-corrected chi connectivity index (χ1v) is 5.75. The van der Waals surface area contributed by atoms with Gasteiger partial charge in [-0.25, -0.2) is 4.98 Å². The molecule has 0 aliphatic rings. The number of imidazole rings is 1. The standard InChI is InChI=1S/C12H20N2O2/c1-8(2)7-10-9(3)13-11(14-10)5-4-6-12(15)16/h8H,4-7H2,1-3H3,(H,13,14)(H,15,16). The van der Waals surface area contributed by atoms with Crippen LogP contribution >= 0.6 is 0 Å². The van der Waals surface area contributed by atoms with E-state index in [1.165, 1.54) is 0 Å². The zero-order valence-electron chi connectivity index (χ0n) is 10.2. The molecule has 0 aliphatic carbocycles. The Bertz CT molecular complexity index is 356. The van der Waals surface area contributed by atoms with Crippen LogP contribution in [0.3, 0.4) is 0 Å². The second-order valence-electron chi connectivity index (χ2n) is 4.60. The Balaban J connectivity index is 2.52. The molecule has 1 rings (SSSR count). The molecule has 0 bridgehead atoms. The van der Waals surface area contributed by atoms with E-state index >= 15 is 0 Å². The van der Waals surface area contributed by atoms with Gasteiger partial charge in [0.25, 0.3) is 0 Å². The van der Waals surface area contributed by atoms with Crippen LogP contribution in [0.1, 0.15) is 43.9 Å². The number of aryl methyl sites for hydroxylation is 2. The van der Waals surface area contributed by atoms with Crippen molar-refractivity contribution in [3.63, 3.8) is 0 Å². The summed E-state index contributed by atoms with van der Waals surface area (Å²) in [4.78, 5) is 18.1. The van der Waals surface area contributed by atoms with Crippen molar-refractivity contribution in [3.05, 3.63) is 17.2 Å². The number of rotatable bonds is 6. The second kappa shape index (κ2) is 5.68. The molecule has 0 fully saturated rings. The van der Waals surface area contributed by atoms with Crippen molar-refractivity contribution in [1.29, 1.82) is 0 Å². The molecule has 1 aromatic heterocycles. The molecule has 0 saturated carbocycles. The zero-order chi connectivity index (χ0) is 12.1. The summed E-state index contributed by atoms with van der Waals surface area (Å²) in [6, 6.07) is 0. The molecule has 16 heavy (non-hydrogen) atoms. The molecule has 2 N–H and O–H groups in total. The average Bonchev–Trinajstić information content (AvgIpc) is 2.45. The monoisotopic (exact) mass is 224 g/mol. The molecule has 0 unspecified atom stereocenters. The second-order valence-corrected chi connectivity index (χ2v) is 4.60. The number of nitrogens with zero attached hydrogens (tertiary/aromatic N) is 1. The molecular weight excluding hydrogens is 204 g/mol. The van der Waals surface area contributed by atoms with Crippen molar-refractivity contribution >= 4 is 5.97 Å². The van der Waals surface area contributed by atoms with Gasteiger partial charge in [0.05, 0.1) is 5.69 Å². The molecule has 4 heteroatoms. The van der Waals surface area contributed by atoms with Gasteiger partial charge in [-0.15, -0.1) is 0 Å². The Morgan fingerprint density at radius 3 is 2.75 bits per heavy atom. The van der Waals surface area contributed by atoms with E-state index in [0.717, 1.165) is 23.6 Å². The van der Waals surface area contributed by atoms with Gasteiger partial charge in [0.15, 0.2) is 0 Å². The molecule has 4 nitrogen and oxygen atoms in total. The van der Waals surface area contributed by atoms with Gasteiger partial charge in [0.1, 0.15) is 5.82 Å². The number of aliphatic carboxylic acids is 1. The molecule has 0 spiro atoms. The molecule has 0 saturated heterocycles. The summed E-state index contributed by atoms with van der Waals surface area (Å²) in [6.07, 6.45) is 2.54. The van der Waals surface area contributed by atoms with Crippen LogP contribution in [0, 0.1) is 12.8 Å². The van der Waals surface area contributed by atoms with Crippen LogP contribution in [0.25, 0.3) is 0 Å². The van der Waals surface area contributed by atoms with Crippen molar-refractivity contribution < 1.29 is 9.90 Å². The smallest absolute Gasteiger partial charge is 0.303 e. The van der Waals surface area contributed by atoms with Crippen LogP contribution in [-0.4, -0.2) is 21.0 Å². The van der Waals surface area contributed by atoms with Gasteiger partial charge >= 0.3 is 5.97 Å². The summed E-state index contributed by atoms with van der Waals surface area (Å²) in [5.41, 5.74) is 2.22. The van der Waals surface area contributed by atoms with Gasteiger partial charge in [-0.05, 0) is 25.7 Å². The topological polar surface area (TPSA) is 66.0 Å². The maximum absolute atomic E-state index is 10.4. The van der Waals surface area contributed by atoms with E-state index in [-0.39, 0.29) is 6.42 Å². The Morgan fingerprint density at radius 1 is 1.50 bits per heavy atom. The number of aromatic nitrogens is 2. The number of nitrogens with one attached hydrogen (secondary N) is 1. The number of aromatic amines is 1. The molecule has 1 heterocycles. The SMILES string of the molecule is Cc1[nH]c(CCCC(=O)O)nc1CC(C)C. The summed E-state index contributed by atoms with van der Waals surface area (Å²) >= 11 is 0. The Labute approximate surface area is 96.1 Å². The van der Waals surface area contributed by atoms with E-state index in [9.17, 15) is 4.79 Å². The van der Waals surface area contributed by atoms with Crippen molar-refractivity contribution in [2.24, 2.45) is 5.92 Å². The normalized spacial score (nSPS) is 11.0. The van der Waals surface area contributed by atoms with Crippen LogP contribution in [0.2, 0.25) is 0 Å². The lowest BCUT2D eigenvalue weighted by Gasteiger charge is -2.00. The van der Waals surface area contributed by atoms with Gasteiger partial charge in [-0.3, -0.25) is 4.79 Å². The highest BCUT2D eigenvalue weighted by molar-refractivity contribution is 5.66. The van der Waals surface area contributed by atoms with Crippen molar-refractivity contribution in [3.8, 4) is 0 Å². The number of carboxylic acid groups (broad SMARTS) is 1. The first-order valence-electron chi connectivity index (χ1n) is 5.75. The van der Waals surface area contributed by atoms with Crippen molar-refractivity contribution in [1.82, 2.24) is 9.97 Å². The molecule has 0 aromatic carbocycles. The molecule has 1 aromatic rings. The average molecular weight is 224 g/mol. The summed E-state index contributed by atoms with van der Waals surface area (Å²) in [7, 11) is 0. The highest BCUT2D eigenvalue weighted by Gasteiger charge is 2.08. The number of hydrogen-bond donors (Lipinski definition) is 2. The van der Waals surface area contributed by atoms with E-state index in [1.54, 1.807) is 0 Å². The minimum atomic E-state index is -0.745. The largest absolute Gasteiger partial charge is 0.481 e. The quantitative estimate of drug-likeness (QED) is 0.779. The highest BCUT2D eigenvalue weighted by atomic mass is 16.4. The maximum Gasteiger partial charge on any atom is 0.303 e. The third kappa shape index (κ3) is 4.04. The predicted octanol–water partition coefficient (Wildman–Crippen LogP) is 2.32. The van der Waals surface area contributed by atoms with Gasteiger partial charge < -0.3 is 10.1 Å². The van der Waals surface area contributed by atoms with Gasteiger partial charge in [0.2, 0.25) is 0 Å². The minimum absolute atomic E-state index is 0.208. The minimum Gasteiger partial charge on any atom is -0.481 e. The lowest BCUT2D eigenvalue weighted by Crippen LogP contribution is -1.98. The van der Waals surface area contributed by atoms with E-state index < -0.39 is 5.97 Å². The molecule has 90 valence electrons. The third-order valence-electron chi connectivity index (χ3n) is 2.44. The number of H-pyrrole nitrogens is 1. The van der Waals surface area contributed by atoms with Crippen molar-refractivity contribution in [2.75, 3.05) is 0 Å². The summed E-state index contributed by atoms with van der Waals surface area (Å²) < 4.78 is 0. The van der Waals surface area contributed by atoms with E-state index in [0.29, 0.717) is 18.8 Å². The van der Waals surface area contributed by atoms with Crippen LogP contribution in [-0.2, 0) is 17.6 Å². The van der Waals surface area contributed by atoms with Gasteiger partial charge in [-0.2, -0.15) is 0 Å². The highest BCUT2D eigenvalue weighted by Crippen LogP contribution is 2.12. The van der Waals surface area contributed by atoms with E-state index in [4.69, 9.17) is 5.11 Å². The van der Waals surface area contributed by atoms with Crippen LogP contribution in [0.4, 0.5) is 0 Å². The van der Waals surface area contributed by atoms with Crippen molar-refractivity contribution in [2.45, 2.75) is 46.5 Å². The first kappa shape index (κ1) is 12.7. The number of carboxylic acids is 1. The fourth-order valence-corrected chi connectivity index (χ4v) is 1.67. The lowest BCUT2D eigenvalue weighted by molar-refractivity contribution is -0.137. The van der Waals surface area contributed by atoms with Gasteiger partial charge in [-0.1, -0.05) is 13.8 Å². The predicted molar refractivity (Wildman–Crippen MR) is 62.4 cm³/mol. The fraction of sp³-hybridized carbons (Fsp3) is 0.667. The van der Waals surface area contributed by atoms with Crippen LogP contribution < -0.4 is 0 Å². The van der Waals surface area contributed by atoms with E-state index in [2.05, 4.69) is 23.8 Å². The number of hydrogen-bond acceptors (Lipinski definition) is 2. The van der Waals surface area contributed by atoms with E-state index in [1.807, 2.05) is 6.92 Å². The molecule has 0 amide bonds.